The third-order valence-corrected chi connectivity index (χ3v) is 6.04. The minimum atomic E-state index is -3.98. The van der Waals surface area contributed by atoms with Crippen LogP contribution in [0.2, 0.25) is 0 Å². The summed E-state index contributed by atoms with van der Waals surface area (Å²) in [6.45, 7) is 1.25. The molecule has 0 aliphatic carbocycles. The number of piperazine rings is 1. The molecule has 2 amide bonds. The van der Waals surface area contributed by atoms with Crippen LogP contribution in [0, 0.1) is 11.6 Å². The Kier molecular flexibility index (Phi) is 6.66. The van der Waals surface area contributed by atoms with E-state index in [-0.39, 0.29) is 24.6 Å². The van der Waals surface area contributed by atoms with E-state index >= 15 is 0 Å². The van der Waals surface area contributed by atoms with Crippen LogP contribution in [-0.2, 0) is 19.4 Å². The molecule has 0 unspecified atom stereocenters. The van der Waals surface area contributed by atoms with Crippen LogP contribution in [0.5, 0.6) is 0 Å². The van der Waals surface area contributed by atoms with E-state index < -0.39 is 39.0 Å². The maximum absolute atomic E-state index is 13.9. The molecule has 1 heterocycles. The first-order chi connectivity index (χ1) is 14.2. The molecular weight excluding hydrogens is 416 g/mol. The molecule has 1 fully saturated rings. The highest BCUT2D eigenvalue weighted by molar-refractivity contribution is 7.92. The standard InChI is InChI=1S/C20H21F2N3O4S/c21-15-5-7-16(8-6-15)23-19(26)13-30(28,29)14-20(27)25-11-9-24(10-12-25)18-4-2-1-3-17(18)22/h1-8H,9-14H2,(H,23,26). The highest BCUT2D eigenvalue weighted by atomic mass is 32.2. The molecule has 1 aliphatic rings. The van der Waals surface area contributed by atoms with Crippen LogP contribution in [-0.4, -0.2) is 62.8 Å². The number of carbonyl (C=O) groups excluding carboxylic acids is 2. The Morgan fingerprint density at radius 1 is 0.900 bits per heavy atom. The van der Waals surface area contributed by atoms with E-state index in [9.17, 15) is 26.8 Å². The first-order valence-electron chi connectivity index (χ1n) is 9.26. The number of halogens is 2. The summed E-state index contributed by atoms with van der Waals surface area (Å²) < 4.78 is 51.3. The van der Waals surface area contributed by atoms with E-state index in [1.54, 1.807) is 23.1 Å². The van der Waals surface area contributed by atoms with E-state index in [2.05, 4.69) is 5.32 Å². The van der Waals surface area contributed by atoms with E-state index in [0.29, 0.717) is 18.8 Å². The molecule has 160 valence electrons. The van der Waals surface area contributed by atoms with Crippen LogP contribution in [0.25, 0.3) is 0 Å². The second-order valence-electron chi connectivity index (χ2n) is 6.91. The molecule has 1 saturated heterocycles. The van der Waals surface area contributed by atoms with Gasteiger partial charge in [-0.25, -0.2) is 17.2 Å². The van der Waals surface area contributed by atoms with Crippen molar-refractivity contribution in [2.24, 2.45) is 0 Å². The first kappa shape index (κ1) is 21.7. The molecule has 2 aromatic carbocycles. The lowest BCUT2D eigenvalue weighted by Gasteiger charge is -2.36. The Morgan fingerprint density at radius 2 is 1.53 bits per heavy atom. The first-order valence-corrected chi connectivity index (χ1v) is 11.1. The number of sulfone groups is 1. The zero-order valence-electron chi connectivity index (χ0n) is 16.1. The van der Waals surface area contributed by atoms with Gasteiger partial charge in [-0.3, -0.25) is 9.59 Å². The summed E-state index contributed by atoms with van der Waals surface area (Å²) in [6, 6.07) is 11.2. The number of nitrogens with zero attached hydrogens (tertiary/aromatic N) is 2. The van der Waals surface area contributed by atoms with Gasteiger partial charge >= 0.3 is 0 Å². The van der Waals surface area contributed by atoms with Crippen LogP contribution < -0.4 is 10.2 Å². The van der Waals surface area contributed by atoms with Gasteiger partial charge in [0.2, 0.25) is 11.8 Å². The Bertz CT molecular complexity index is 1020. The van der Waals surface area contributed by atoms with Crippen molar-refractivity contribution in [1.82, 2.24) is 4.90 Å². The van der Waals surface area contributed by atoms with Gasteiger partial charge < -0.3 is 15.1 Å². The average Bonchev–Trinajstić information content (AvgIpc) is 2.69. The highest BCUT2D eigenvalue weighted by Crippen LogP contribution is 2.20. The minimum Gasteiger partial charge on any atom is -0.366 e. The number of hydrogen-bond donors (Lipinski definition) is 1. The number of carbonyl (C=O) groups is 2. The van der Waals surface area contributed by atoms with Gasteiger partial charge in [0.1, 0.15) is 23.1 Å². The monoisotopic (exact) mass is 437 g/mol. The molecular formula is C20H21F2N3O4S. The summed E-state index contributed by atoms with van der Waals surface area (Å²) in [7, 11) is -3.98. The van der Waals surface area contributed by atoms with Crippen molar-refractivity contribution in [3.63, 3.8) is 0 Å². The summed E-state index contributed by atoms with van der Waals surface area (Å²) in [5.41, 5.74) is 0.696. The van der Waals surface area contributed by atoms with Gasteiger partial charge in [0.15, 0.2) is 9.84 Å². The van der Waals surface area contributed by atoms with Gasteiger partial charge in [-0.05, 0) is 36.4 Å². The molecule has 0 radical (unpaired) electrons. The summed E-state index contributed by atoms with van der Waals surface area (Å²) >= 11 is 0. The molecule has 7 nitrogen and oxygen atoms in total. The maximum Gasteiger partial charge on any atom is 0.239 e. The fraction of sp³-hybridized carbons (Fsp3) is 0.300. The summed E-state index contributed by atoms with van der Waals surface area (Å²) in [4.78, 5) is 27.5. The lowest BCUT2D eigenvalue weighted by atomic mass is 10.2. The van der Waals surface area contributed by atoms with Crippen LogP contribution in [0.3, 0.4) is 0 Å². The zero-order chi connectivity index (χ0) is 21.7. The number of nitrogens with one attached hydrogen (secondary N) is 1. The topological polar surface area (TPSA) is 86.8 Å². The molecule has 3 rings (SSSR count). The van der Waals surface area contributed by atoms with Gasteiger partial charge in [-0.1, -0.05) is 12.1 Å². The summed E-state index contributed by atoms with van der Waals surface area (Å²) in [6.07, 6.45) is 0. The largest absolute Gasteiger partial charge is 0.366 e. The van der Waals surface area contributed by atoms with Crippen molar-refractivity contribution in [2.45, 2.75) is 0 Å². The molecule has 1 aliphatic heterocycles. The van der Waals surface area contributed by atoms with Gasteiger partial charge in [0, 0.05) is 31.9 Å². The number of rotatable bonds is 6. The third-order valence-electron chi connectivity index (χ3n) is 4.65. The van der Waals surface area contributed by atoms with Gasteiger partial charge in [-0.15, -0.1) is 0 Å². The normalized spacial score (nSPS) is 14.5. The van der Waals surface area contributed by atoms with Crippen molar-refractivity contribution in [3.8, 4) is 0 Å². The predicted octanol–water partition coefficient (Wildman–Crippen LogP) is 1.67. The molecule has 0 saturated carbocycles. The van der Waals surface area contributed by atoms with E-state index in [1.807, 2.05) is 0 Å². The second-order valence-corrected chi connectivity index (χ2v) is 8.97. The third kappa shape index (κ3) is 5.76. The molecule has 2 aromatic rings. The molecule has 10 heteroatoms. The van der Waals surface area contributed by atoms with Gasteiger partial charge in [0.25, 0.3) is 0 Å². The fourth-order valence-electron chi connectivity index (χ4n) is 3.17. The fourth-order valence-corrected chi connectivity index (χ4v) is 4.30. The Balaban J connectivity index is 1.50. The quantitative estimate of drug-likeness (QED) is 0.743. The minimum absolute atomic E-state index is 0.254. The molecule has 0 atom stereocenters. The van der Waals surface area contributed by atoms with Gasteiger partial charge in [-0.2, -0.15) is 0 Å². The average molecular weight is 437 g/mol. The molecule has 1 N–H and O–H groups in total. The zero-order valence-corrected chi connectivity index (χ0v) is 16.9. The predicted molar refractivity (Wildman–Crippen MR) is 109 cm³/mol. The van der Waals surface area contributed by atoms with Crippen LogP contribution in [0.4, 0.5) is 20.2 Å². The smallest absolute Gasteiger partial charge is 0.239 e. The van der Waals surface area contributed by atoms with Crippen molar-refractivity contribution in [3.05, 3.63) is 60.2 Å². The number of hydrogen-bond acceptors (Lipinski definition) is 5. The number of anilines is 2. The van der Waals surface area contributed by atoms with E-state index in [0.717, 1.165) is 12.1 Å². The van der Waals surface area contributed by atoms with E-state index in [1.165, 1.54) is 23.1 Å². The summed E-state index contributed by atoms with van der Waals surface area (Å²) in [5.74, 6) is -3.89. The van der Waals surface area contributed by atoms with Crippen molar-refractivity contribution in [1.29, 1.82) is 0 Å². The number of benzene rings is 2. The van der Waals surface area contributed by atoms with Crippen molar-refractivity contribution < 1.29 is 26.8 Å². The summed E-state index contributed by atoms with van der Waals surface area (Å²) in [5, 5.41) is 2.36. The Hall–Kier alpha value is -3.01. The Morgan fingerprint density at radius 3 is 2.17 bits per heavy atom. The maximum atomic E-state index is 13.9. The SMILES string of the molecule is O=C(CS(=O)(=O)CC(=O)N1CCN(c2ccccc2F)CC1)Nc1ccc(F)cc1. The van der Waals surface area contributed by atoms with Crippen LogP contribution in [0.1, 0.15) is 0 Å². The molecule has 0 bridgehead atoms. The second kappa shape index (κ2) is 9.21. The van der Waals surface area contributed by atoms with Crippen LogP contribution >= 0.6 is 0 Å². The highest BCUT2D eigenvalue weighted by Gasteiger charge is 2.27. The Labute approximate surface area is 173 Å². The molecule has 30 heavy (non-hydrogen) atoms. The van der Waals surface area contributed by atoms with Crippen molar-refractivity contribution >= 4 is 33.0 Å². The van der Waals surface area contributed by atoms with Crippen LogP contribution in [0.15, 0.2) is 48.5 Å². The van der Waals surface area contributed by atoms with Crippen molar-refractivity contribution in [2.75, 3.05) is 47.9 Å². The van der Waals surface area contributed by atoms with Gasteiger partial charge in [0.05, 0.1) is 5.69 Å². The molecule has 0 aromatic heterocycles. The lowest BCUT2D eigenvalue weighted by molar-refractivity contribution is -0.128. The number of amides is 2. The lowest BCUT2D eigenvalue weighted by Crippen LogP contribution is -2.50. The van der Waals surface area contributed by atoms with E-state index in [4.69, 9.17) is 0 Å². The number of para-hydroxylation sites is 1. The molecule has 0 spiro atoms.